The van der Waals surface area contributed by atoms with Gasteiger partial charge in [0.1, 0.15) is 17.8 Å². The lowest BCUT2D eigenvalue weighted by molar-refractivity contribution is -0.385. The third-order valence-corrected chi connectivity index (χ3v) is 6.60. The molecule has 0 bridgehead atoms. The molecular formula is C26H23F2N5O3. The highest BCUT2D eigenvalue weighted by molar-refractivity contribution is 6.09. The van der Waals surface area contributed by atoms with Gasteiger partial charge in [0.15, 0.2) is 0 Å². The summed E-state index contributed by atoms with van der Waals surface area (Å²) in [4.78, 5) is 24.7. The summed E-state index contributed by atoms with van der Waals surface area (Å²) < 4.78 is 28.4. The molecule has 2 aromatic carbocycles. The van der Waals surface area contributed by atoms with Crippen LogP contribution in [0.4, 0.5) is 14.5 Å². The Morgan fingerprint density at radius 2 is 1.81 bits per heavy atom. The van der Waals surface area contributed by atoms with Crippen LogP contribution < -0.4 is 0 Å². The van der Waals surface area contributed by atoms with Crippen molar-refractivity contribution in [3.63, 3.8) is 0 Å². The van der Waals surface area contributed by atoms with Crippen molar-refractivity contribution in [3.05, 3.63) is 98.9 Å². The molecule has 1 aromatic heterocycles. The molecule has 0 N–H and O–H groups in total. The number of amides is 1. The van der Waals surface area contributed by atoms with Crippen LogP contribution in [0.25, 0.3) is 6.08 Å². The number of carbonyl (C=O) groups is 1. The molecule has 1 aliphatic heterocycles. The molecule has 36 heavy (non-hydrogen) atoms. The number of aryl methyl sites for hydroxylation is 1. The SMILES string of the molecule is CCn1cc([N+](=O)[O-])c(C(=O)N2N=C3C(=Cc4ccc(F)cc4)CCCC3C2c2ccc(F)cc2)n1. The van der Waals surface area contributed by atoms with Gasteiger partial charge in [-0.05, 0) is 73.2 Å². The van der Waals surface area contributed by atoms with Gasteiger partial charge in [0.25, 0.3) is 0 Å². The second-order valence-electron chi connectivity index (χ2n) is 8.83. The van der Waals surface area contributed by atoms with E-state index >= 15 is 0 Å². The first-order valence-corrected chi connectivity index (χ1v) is 11.7. The molecule has 2 atom stereocenters. The molecule has 10 heteroatoms. The third kappa shape index (κ3) is 4.30. The molecule has 2 aliphatic rings. The number of hydrazone groups is 1. The van der Waals surface area contributed by atoms with Crippen LogP contribution in [0.3, 0.4) is 0 Å². The number of halogens is 2. The predicted octanol–water partition coefficient (Wildman–Crippen LogP) is 5.53. The Labute approximate surface area is 205 Å². The monoisotopic (exact) mass is 491 g/mol. The van der Waals surface area contributed by atoms with Gasteiger partial charge in [-0.1, -0.05) is 24.3 Å². The van der Waals surface area contributed by atoms with Crippen LogP contribution in [0.5, 0.6) is 0 Å². The van der Waals surface area contributed by atoms with Gasteiger partial charge >= 0.3 is 11.6 Å². The smallest absolute Gasteiger partial charge is 0.265 e. The summed E-state index contributed by atoms with van der Waals surface area (Å²) in [7, 11) is 0. The number of nitro groups is 1. The van der Waals surface area contributed by atoms with Crippen LogP contribution in [0.15, 0.2) is 65.4 Å². The van der Waals surface area contributed by atoms with Crippen molar-refractivity contribution in [1.29, 1.82) is 0 Å². The van der Waals surface area contributed by atoms with Gasteiger partial charge < -0.3 is 0 Å². The van der Waals surface area contributed by atoms with E-state index in [2.05, 4.69) is 10.2 Å². The van der Waals surface area contributed by atoms with E-state index in [1.165, 1.54) is 40.2 Å². The van der Waals surface area contributed by atoms with Gasteiger partial charge in [-0.15, -0.1) is 0 Å². The first-order chi connectivity index (χ1) is 17.4. The van der Waals surface area contributed by atoms with Crippen LogP contribution in [-0.4, -0.2) is 31.3 Å². The van der Waals surface area contributed by atoms with E-state index < -0.39 is 28.4 Å². The Hall–Kier alpha value is -4.21. The summed E-state index contributed by atoms with van der Waals surface area (Å²) in [6.45, 7) is 2.13. The van der Waals surface area contributed by atoms with Gasteiger partial charge in [0, 0.05) is 12.5 Å². The van der Waals surface area contributed by atoms with Crippen LogP contribution in [-0.2, 0) is 6.54 Å². The van der Waals surface area contributed by atoms with Gasteiger partial charge in [-0.25, -0.2) is 13.8 Å². The molecule has 1 fully saturated rings. The summed E-state index contributed by atoms with van der Waals surface area (Å²) in [5.74, 6) is -1.62. The highest BCUT2D eigenvalue weighted by Gasteiger charge is 2.45. The van der Waals surface area contributed by atoms with Crippen molar-refractivity contribution in [1.82, 2.24) is 14.8 Å². The molecule has 0 saturated heterocycles. The minimum Gasteiger partial charge on any atom is -0.265 e. The lowest BCUT2D eigenvalue weighted by Crippen LogP contribution is -2.32. The summed E-state index contributed by atoms with van der Waals surface area (Å²) in [6, 6.07) is 11.4. The topological polar surface area (TPSA) is 93.6 Å². The fourth-order valence-electron chi connectivity index (χ4n) is 4.89. The summed E-state index contributed by atoms with van der Waals surface area (Å²) in [6.07, 6.45) is 5.44. The highest BCUT2D eigenvalue weighted by Crippen LogP contribution is 2.45. The Morgan fingerprint density at radius 1 is 1.14 bits per heavy atom. The minimum absolute atomic E-state index is 0.188. The van der Waals surface area contributed by atoms with Gasteiger partial charge in [-0.2, -0.15) is 10.2 Å². The molecule has 1 saturated carbocycles. The summed E-state index contributed by atoms with van der Waals surface area (Å²) >= 11 is 0. The molecule has 0 spiro atoms. The number of hydrogen-bond acceptors (Lipinski definition) is 5. The number of rotatable bonds is 5. The first kappa shape index (κ1) is 23.5. The number of benzene rings is 2. The number of nitrogens with zero attached hydrogens (tertiary/aromatic N) is 5. The van der Waals surface area contributed by atoms with Crippen LogP contribution in [0.1, 0.15) is 53.8 Å². The summed E-state index contributed by atoms with van der Waals surface area (Å²) in [5.41, 5.74) is 2.40. The molecule has 2 unspecified atom stereocenters. The van der Waals surface area contributed by atoms with E-state index in [0.29, 0.717) is 17.8 Å². The van der Waals surface area contributed by atoms with E-state index in [1.807, 2.05) is 6.08 Å². The van der Waals surface area contributed by atoms with Gasteiger partial charge in [0.05, 0.1) is 16.7 Å². The molecule has 0 radical (unpaired) electrons. The zero-order chi connectivity index (χ0) is 25.4. The van der Waals surface area contributed by atoms with Crippen molar-refractivity contribution in [2.45, 2.75) is 38.8 Å². The molecule has 184 valence electrons. The van der Waals surface area contributed by atoms with Crippen molar-refractivity contribution >= 4 is 23.4 Å². The fourth-order valence-corrected chi connectivity index (χ4v) is 4.89. The zero-order valence-corrected chi connectivity index (χ0v) is 19.5. The largest absolute Gasteiger partial charge is 0.320 e. The third-order valence-electron chi connectivity index (χ3n) is 6.60. The van der Waals surface area contributed by atoms with Crippen LogP contribution in [0, 0.1) is 27.7 Å². The Kier molecular flexibility index (Phi) is 6.17. The van der Waals surface area contributed by atoms with E-state index in [1.54, 1.807) is 31.2 Å². The lowest BCUT2D eigenvalue weighted by Gasteiger charge is -2.29. The average molecular weight is 491 g/mol. The number of hydrogen-bond donors (Lipinski definition) is 0. The quantitative estimate of drug-likeness (QED) is 0.347. The number of allylic oxidation sites excluding steroid dienone is 1. The van der Waals surface area contributed by atoms with Crippen LogP contribution in [0.2, 0.25) is 0 Å². The van der Waals surface area contributed by atoms with Gasteiger partial charge in [0.2, 0.25) is 5.69 Å². The first-order valence-electron chi connectivity index (χ1n) is 11.7. The molecule has 8 nitrogen and oxygen atoms in total. The predicted molar refractivity (Wildman–Crippen MR) is 129 cm³/mol. The Bertz CT molecular complexity index is 1380. The molecule has 1 amide bonds. The van der Waals surface area contributed by atoms with Crippen molar-refractivity contribution < 1.29 is 18.5 Å². The molecule has 1 aliphatic carbocycles. The van der Waals surface area contributed by atoms with E-state index in [0.717, 1.165) is 30.4 Å². The second-order valence-corrected chi connectivity index (χ2v) is 8.83. The number of carbonyl (C=O) groups excluding carboxylic acids is 1. The van der Waals surface area contributed by atoms with Crippen molar-refractivity contribution in [2.75, 3.05) is 0 Å². The fraction of sp³-hybridized carbons (Fsp3) is 0.269. The van der Waals surface area contributed by atoms with E-state index in [4.69, 9.17) is 0 Å². The minimum atomic E-state index is -0.689. The Balaban J connectivity index is 1.60. The lowest BCUT2D eigenvalue weighted by atomic mass is 9.77. The maximum absolute atomic E-state index is 13.7. The van der Waals surface area contributed by atoms with Gasteiger partial charge in [-0.3, -0.25) is 19.6 Å². The highest BCUT2D eigenvalue weighted by atomic mass is 19.1. The molecule has 5 rings (SSSR count). The second kappa shape index (κ2) is 9.44. The van der Waals surface area contributed by atoms with E-state index in [9.17, 15) is 23.7 Å². The molecule has 2 heterocycles. The summed E-state index contributed by atoms with van der Waals surface area (Å²) in [5, 5.41) is 21.8. The Morgan fingerprint density at radius 3 is 2.44 bits per heavy atom. The van der Waals surface area contributed by atoms with Crippen LogP contribution >= 0.6 is 0 Å². The zero-order valence-electron chi connectivity index (χ0n) is 19.5. The molecular weight excluding hydrogens is 468 g/mol. The average Bonchev–Trinajstić information content (AvgIpc) is 3.49. The van der Waals surface area contributed by atoms with E-state index in [-0.39, 0.29) is 17.4 Å². The number of fused-ring (bicyclic) bond motifs is 1. The maximum Gasteiger partial charge on any atom is 0.320 e. The number of aromatic nitrogens is 2. The normalized spacial score (nSPS) is 20.4. The van der Waals surface area contributed by atoms with Crippen molar-refractivity contribution in [2.24, 2.45) is 11.0 Å². The molecule has 3 aromatic rings. The standard InChI is InChI=1S/C26H23F2N5O3/c1-2-31-15-22(33(35)36)24(29-31)26(34)32-25(17-8-12-20(28)13-9-17)21-5-3-4-18(23(21)30-32)14-16-6-10-19(27)11-7-16/h6-15,21,25H,2-5H2,1H3. The maximum atomic E-state index is 13.7. The van der Waals surface area contributed by atoms with Crippen molar-refractivity contribution in [3.8, 4) is 0 Å².